The summed E-state index contributed by atoms with van der Waals surface area (Å²) >= 11 is 0. The Morgan fingerprint density at radius 2 is 2.10 bits per heavy atom. The molecule has 1 heterocycles. The predicted octanol–water partition coefficient (Wildman–Crippen LogP) is 3.18. The summed E-state index contributed by atoms with van der Waals surface area (Å²) in [5.74, 6) is 0.757. The fourth-order valence-electron chi connectivity index (χ4n) is 2.39. The zero-order valence-corrected chi connectivity index (χ0v) is 13.1. The average Bonchev–Trinajstić information content (AvgIpc) is 2.42. The maximum atomic E-state index is 11.5. The van der Waals surface area contributed by atoms with E-state index in [4.69, 9.17) is 4.74 Å². The zero-order chi connectivity index (χ0) is 15.6. The maximum absolute atomic E-state index is 11.5. The van der Waals surface area contributed by atoms with Gasteiger partial charge in [-0.3, -0.25) is 4.79 Å². The van der Waals surface area contributed by atoms with Gasteiger partial charge in [-0.1, -0.05) is 13.0 Å². The van der Waals surface area contributed by atoms with Gasteiger partial charge in [-0.2, -0.15) is 0 Å². The molecule has 2 rings (SSSR count). The lowest BCUT2D eigenvalue weighted by Gasteiger charge is -2.36. The van der Waals surface area contributed by atoms with Crippen molar-refractivity contribution in [2.24, 2.45) is 0 Å². The average molecular weight is 292 g/mol. The lowest BCUT2D eigenvalue weighted by molar-refractivity contribution is -0.235. The van der Waals surface area contributed by atoms with Crippen LogP contribution in [0.4, 0.5) is 5.69 Å². The van der Waals surface area contributed by atoms with Gasteiger partial charge >= 0.3 is 0 Å². The van der Waals surface area contributed by atoms with Gasteiger partial charge in [0.25, 0.3) is 0 Å². The minimum absolute atomic E-state index is 0.0326. The Labute approximate surface area is 125 Å². The minimum Gasteiger partial charge on any atom is -0.473 e. The van der Waals surface area contributed by atoms with Crippen molar-refractivity contribution < 1.29 is 14.7 Å². The van der Waals surface area contributed by atoms with E-state index in [1.165, 1.54) is 5.06 Å². The smallest absolute Gasteiger partial charge is 0.224 e. The van der Waals surface area contributed by atoms with Crippen LogP contribution < -0.4 is 10.1 Å². The largest absolute Gasteiger partial charge is 0.473 e. The van der Waals surface area contributed by atoms with Crippen molar-refractivity contribution in [1.29, 1.82) is 0 Å². The molecule has 1 aromatic rings. The van der Waals surface area contributed by atoms with Crippen LogP contribution in [0.15, 0.2) is 18.2 Å². The minimum atomic E-state index is -0.422. The Bertz CT molecular complexity index is 523. The summed E-state index contributed by atoms with van der Waals surface area (Å²) in [6.07, 6.45) is 1.36. The Kier molecular flexibility index (Phi) is 4.54. The van der Waals surface area contributed by atoms with E-state index in [0.29, 0.717) is 19.3 Å². The van der Waals surface area contributed by atoms with E-state index in [1.54, 1.807) is 0 Å². The topological polar surface area (TPSA) is 61.8 Å². The van der Waals surface area contributed by atoms with Crippen LogP contribution in [0.3, 0.4) is 0 Å². The molecule has 1 aliphatic heterocycles. The number of ether oxygens (including phenoxy) is 1. The molecule has 0 aliphatic carbocycles. The summed E-state index contributed by atoms with van der Waals surface area (Å²) < 4.78 is 6.01. The van der Waals surface area contributed by atoms with Gasteiger partial charge in [0.15, 0.2) is 6.23 Å². The number of hydrogen-bond acceptors (Lipinski definition) is 4. The standard InChI is InChI=1S/C16H24N2O3/c1-5-15(18(20)16(2,3)4)21-13-8-6-7-12-11(13)9-10-14(19)17-12/h6-8,15,20H,5,9-10H2,1-4H3,(H,17,19). The SMILES string of the molecule is CCC(Oc1cccc2c1CCC(=O)N2)N(O)C(C)(C)C. The molecule has 0 saturated heterocycles. The molecule has 0 spiro atoms. The fraction of sp³-hybridized carbons (Fsp3) is 0.562. The first kappa shape index (κ1) is 15.8. The number of rotatable bonds is 4. The summed E-state index contributed by atoms with van der Waals surface area (Å²) in [5.41, 5.74) is 1.40. The number of nitrogens with one attached hydrogen (secondary N) is 1. The first-order chi connectivity index (χ1) is 9.82. The Balaban J connectivity index is 2.23. The molecular weight excluding hydrogens is 268 g/mol. The third-order valence-electron chi connectivity index (χ3n) is 3.58. The molecule has 0 bridgehead atoms. The third-order valence-corrected chi connectivity index (χ3v) is 3.58. The number of amides is 1. The van der Waals surface area contributed by atoms with Crippen molar-refractivity contribution >= 4 is 11.6 Å². The van der Waals surface area contributed by atoms with Gasteiger partial charge in [-0.05, 0) is 45.7 Å². The van der Waals surface area contributed by atoms with Gasteiger partial charge < -0.3 is 15.3 Å². The number of fused-ring (bicyclic) bond motifs is 1. The second-order valence-electron chi connectivity index (χ2n) is 6.33. The molecule has 21 heavy (non-hydrogen) atoms. The molecular formula is C16H24N2O3. The van der Waals surface area contributed by atoms with Crippen molar-refractivity contribution in [2.75, 3.05) is 5.32 Å². The number of anilines is 1. The highest BCUT2D eigenvalue weighted by Gasteiger charge is 2.29. The third kappa shape index (κ3) is 3.54. The predicted molar refractivity (Wildman–Crippen MR) is 81.5 cm³/mol. The molecule has 0 radical (unpaired) electrons. The van der Waals surface area contributed by atoms with Crippen LogP contribution in [-0.2, 0) is 11.2 Å². The summed E-state index contributed by atoms with van der Waals surface area (Å²) in [6.45, 7) is 7.76. The lowest BCUT2D eigenvalue weighted by atomic mass is 10.0. The molecule has 0 aromatic heterocycles. The van der Waals surface area contributed by atoms with Crippen molar-refractivity contribution in [2.45, 2.75) is 58.7 Å². The molecule has 1 aromatic carbocycles. The summed E-state index contributed by atoms with van der Waals surface area (Å²) in [6, 6.07) is 5.61. The first-order valence-corrected chi connectivity index (χ1v) is 7.39. The molecule has 0 fully saturated rings. The van der Waals surface area contributed by atoms with Crippen LogP contribution in [-0.4, -0.2) is 27.9 Å². The highest BCUT2D eigenvalue weighted by Crippen LogP contribution is 2.32. The second kappa shape index (κ2) is 6.03. The number of nitrogens with zero attached hydrogens (tertiary/aromatic N) is 1. The van der Waals surface area contributed by atoms with Gasteiger partial charge in [0.1, 0.15) is 5.75 Å². The highest BCUT2D eigenvalue weighted by atomic mass is 16.6. The zero-order valence-electron chi connectivity index (χ0n) is 13.1. The number of benzene rings is 1. The number of hydrogen-bond donors (Lipinski definition) is 2. The quantitative estimate of drug-likeness (QED) is 0.661. The van der Waals surface area contributed by atoms with Crippen LogP contribution in [0.5, 0.6) is 5.75 Å². The molecule has 116 valence electrons. The van der Waals surface area contributed by atoms with E-state index in [0.717, 1.165) is 17.0 Å². The van der Waals surface area contributed by atoms with Gasteiger partial charge in [-0.25, -0.2) is 0 Å². The molecule has 1 atom stereocenters. The normalized spacial score (nSPS) is 16.4. The van der Waals surface area contributed by atoms with Gasteiger partial charge in [-0.15, -0.1) is 5.06 Å². The highest BCUT2D eigenvalue weighted by molar-refractivity contribution is 5.94. The number of carbonyl (C=O) groups excluding carboxylic acids is 1. The van der Waals surface area contributed by atoms with Crippen LogP contribution >= 0.6 is 0 Å². The van der Waals surface area contributed by atoms with Gasteiger partial charge in [0.05, 0.1) is 0 Å². The van der Waals surface area contributed by atoms with E-state index in [-0.39, 0.29) is 5.91 Å². The lowest BCUT2D eigenvalue weighted by Crippen LogP contribution is -2.48. The molecule has 5 heteroatoms. The molecule has 0 saturated carbocycles. The molecule has 1 unspecified atom stereocenters. The summed E-state index contributed by atoms with van der Waals surface area (Å²) in [4.78, 5) is 11.5. The van der Waals surface area contributed by atoms with Crippen LogP contribution in [0, 0.1) is 0 Å². The van der Waals surface area contributed by atoms with Crippen molar-refractivity contribution in [3.8, 4) is 5.75 Å². The fourth-order valence-corrected chi connectivity index (χ4v) is 2.39. The van der Waals surface area contributed by atoms with E-state index < -0.39 is 11.8 Å². The van der Waals surface area contributed by atoms with Gasteiger partial charge in [0, 0.05) is 23.2 Å². The number of carbonyl (C=O) groups is 1. The first-order valence-electron chi connectivity index (χ1n) is 7.39. The summed E-state index contributed by atoms with van der Waals surface area (Å²) in [5, 5.41) is 14.4. The van der Waals surface area contributed by atoms with E-state index in [9.17, 15) is 10.0 Å². The number of hydroxylamine groups is 2. The van der Waals surface area contributed by atoms with Crippen molar-refractivity contribution in [3.63, 3.8) is 0 Å². The summed E-state index contributed by atoms with van der Waals surface area (Å²) in [7, 11) is 0. The van der Waals surface area contributed by atoms with Crippen molar-refractivity contribution in [1.82, 2.24) is 5.06 Å². The van der Waals surface area contributed by atoms with Crippen LogP contribution in [0.25, 0.3) is 0 Å². The maximum Gasteiger partial charge on any atom is 0.224 e. The van der Waals surface area contributed by atoms with Gasteiger partial charge in [0.2, 0.25) is 5.91 Å². The Morgan fingerprint density at radius 1 is 1.38 bits per heavy atom. The molecule has 1 amide bonds. The van der Waals surface area contributed by atoms with E-state index in [1.807, 2.05) is 45.9 Å². The van der Waals surface area contributed by atoms with Crippen molar-refractivity contribution in [3.05, 3.63) is 23.8 Å². The second-order valence-corrected chi connectivity index (χ2v) is 6.33. The Morgan fingerprint density at radius 3 is 2.71 bits per heavy atom. The Hall–Kier alpha value is -1.59. The van der Waals surface area contributed by atoms with Crippen LogP contribution in [0.1, 0.15) is 46.1 Å². The molecule has 5 nitrogen and oxygen atoms in total. The molecule has 2 N–H and O–H groups in total. The molecule has 1 aliphatic rings. The monoisotopic (exact) mass is 292 g/mol. The van der Waals surface area contributed by atoms with E-state index >= 15 is 0 Å². The van der Waals surface area contributed by atoms with Crippen LogP contribution in [0.2, 0.25) is 0 Å². The van der Waals surface area contributed by atoms with E-state index in [2.05, 4.69) is 5.32 Å².